The molecule has 1 aliphatic carbocycles. The average Bonchev–Trinajstić information content (AvgIpc) is 3.58. The van der Waals surface area contributed by atoms with E-state index in [2.05, 4.69) is 29.0 Å². The second kappa shape index (κ2) is 8.98. The molecule has 4 heterocycles. The first kappa shape index (κ1) is 22.1. The molecule has 2 atom stereocenters. The van der Waals surface area contributed by atoms with Crippen LogP contribution >= 0.6 is 34.5 Å². The third-order valence-electron chi connectivity index (χ3n) is 6.60. The summed E-state index contributed by atoms with van der Waals surface area (Å²) >= 11 is 14.3. The number of ether oxygens (including phenoxy) is 1. The lowest BCUT2D eigenvalue weighted by molar-refractivity contribution is 0.0805. The molecule has 6 nitrogen and oxygen atoms in total. The minimum Gasteiger partial charge on any atom is -0.372 e. The summed E-state index contributed by atoms with van der Waals surface area (Å²) in [6.45, 7) is 2.38. The number of carbonyl (C=O) groups excluding carboxylic acids is 1. The van der Waals surface area contributed by atoms with Gasteiger partial charge in [0.15, 0.2) is 5.69 Å². The molecule has 0 saturated carbocycles. The number of hydrogen-bond acceptors (Lipinski definition) is 5. The van der Waals surface area contributed by atoms with E-state index in [0.29, 0.717) is 46.5 Å². The van der Waals surface area contributed by atoms with E-state index in [-0.39, 0.29) is 5.91 Å². The lowest BCUT2D eigenvalue weighted by Crippen LogP contribution is -2.41. The van der Waals surface area contributed by atoms with Crippen molar-refractivity contribution in [2.24, 2.45) is 11.8 Å². The molecule has 1 saturated heterocycles. The monoisotopic (exact) mass is 512 g/mol. The Bertz CT molecular complexity index is 1310. The summed E-state index contributed by atoms with van der Waals surface area (Å²) in [5.41, 5.74) is 7.72. The van der Waals surface area contributed by atoms with Gasteiger partial charge in [0.05, 0.1) is 29.6 Å². The minimum absolute atomic E-state index is 0.232. The number of thiophene rings is 1. The molecule has 2 aromatic heterocycles. The van der Waals surface area contributed by atoms with Crippen LogP contribution in [0.2, 0.25) is 10.0 Å². The molecular weight excluding hydrogens is 491 g/mol. The Morgan fingerprint density at radius 1 is 1.24 bits per heavy atom. The number of amides is 1. The summed E-state index contributed by atoms with van der Waals surface area (Å²) in [4.78, 5) is 13.4. The maximum atomic E-state index is 13.4. The van der Waals surface area contributed by atoms with Gasteiger partial charge in [0.25, 0.3) is 5.91 Å². The van der Waals surface area contributed by atoms with Crippen molar-refractivity contribution in [3.05, 3.63) is 79.7 Å². The molecule has 0 bridgehead atoms. The highest BCUT2D eigenvalue weighted by Gasteiger charge is 2.35. The molecule has 0 radical (unpaired) electrons. The Labute approximate surface area is 211 Å². The Morgan fingerprint density at radius 2 is 2.15 bits per heavy atom. The van der Waals surface area contributed by atoms with Crippen LogP contribution in [0, 0.1) is 11.8 Å². The van der Waals surface area contributed by atoms with E-state index in [1.807, 2.05) is 22.5 Å². The van der Waals surface area contributed by atoms with Crippen LogP contribution in [0.5, 0.6) is 0 Å². The number of nitrogens with zero attached hydrogens (tertiary/aromatic N) is 3. The third-order valence-corrected chi connectivity index (χ3v) is 7.84. The van der Waals surface area contributed by atoms with Gasteiger partial charge in [-0.25, -0.2) is 9.69 Å². The Hall–Kier alpha value is -2.42. The zero-order valence-corrected chi connectivity index (χ0v) is 20.5. The van der Waals surface area contributed by atoms with E-state index in [0.717, 1.165) is 41.9 Å². The molecule has 34 heavy (non-hydrogen) atoms. The number of hydrogen-bond donors (Lipinski definition) is 1. The highest BCUT2D eigenvalue weighted by molar-refractivity contribution is 7.08. The summed E-state index contributed by atoms with van der Waals surface area (Å²) in [6, 6.07) is 7.33. The maximum Gasteiger partial charge on any atom is 0.286 e. The van der Waals surface area contributed by atoms with Gasteiger partial charge in [-0.2, -0.15) is 16.4 Å². The van der Waals surface area contributed by atoms with E-state index >= 15 is 0 Å². The summed E-state index contributed by atoms with van der Waals surface area (Å²) in [5.74, 6) is 0.843. The van der Waals surface area contributed by atoms with Crippen LogP contribution in [0.4, 0.5) is 0 Å². The number of fused-ring (bicyclic) bond motifs is 2. The smallest absolute Gasteiger partial charge is 0.286 e. The van der Waals surface area contributed by atoms with Crippen molar-refractivity contribution < 1.29 is 9.53 Å². The van der Waals surface area contributed by atoms with Crippen molar-refractivity contribution in [2.75, 3.05) is 19.7 Å². The molecule has 2 aliphatic heterocycles. The number of aromatic nitrogens is 2. The molecule has 6 rings (SSSR count). The molecular formula is C25H22Cl2N4O2S. The van der Waals surface area contributed by atoms with E-state index in [1.54, 1.807) is 28.2 Å². The molecule has 1 fully saturated rings. The summed E-state index contributed by atoms with van der Waals surface area (Å²) in [6.07, 6.45) is 7.64. The van der Waals surface area contributed by atoms with E-state index in [9.17, 15) is 4.79 Å². The predicted molar refractivity (Wildman–Crippen MR) is 135 cm³/mol. The molecule has 174 valence electrons. The summed E-state index contributed by atoms with van der Waals surface area (Å²) in [5, 5.41) is 11.9. The van der Waals surface area contributed by atoms with E-state index in [1.165, 1.54) is 0 Å². The first-order valence-corrected chi connectivity index (χ1v) is 12.9. The van der Waals surface area contributed by atoms with Crippen molar-refractivity contribution in [2.45, 2.75) is 13.0 Å². The highest BCUT2D eigenvalue weighted by Crippen LogP contribution is 2.36. The van der Waals surface area contributed by atoms with Gasteiger partial charge in [-0.3, -0.25) is 10.2 Å². The average molecular weight is 513 g/mol. The van der Waals surface area contributed by atoms with Crippen LogP contribution in [0.1, 0.15) is 33.7 Å². The van der Waals surface area contributed by atoms with Crippen molar-refractivity contribution in [1.29, 1.82) is 0 Å². The number of nitrogens with one attached hydrogen (secondary N) is 1. The van der Waals surface area contributed by atoms with Gasteiger partial charge in [-0.05, 0) is 64.9 Å². The third kappa shape index (κ3) is 4.01. The molecule has 2 unspecified atom stereocenters. The number of carbonyl (C=O) groups is 1. The largest absolute Gasteiger partial charge is 0.372 e. The fourth-order valence-corrected chi connectivity index (χ4v) is 6.11. The number of allylic oxidation sites excluding steroid dienone is 1. The zero-order valence-electron chi connectivity index (χ0n) is 18.2. The van der Waals surface area contributed by atoms with Gasteiger partial charge < -0.3 is 4.74 Å². The van der Waals surface area contributed by atoms with Gasteiger partial charge in [-0.1, -0.05) is 35.4 Å². The van der Waals surface area contributed by atoms with Crippen molar-refractivity contribution in [1.82, 2.24) is 20.2 Å². The molecule has 1 amide bonds. The molecule has 9 heteroatoms. The molecule has 3 aromatic rings. The molecule has 3 aliphatic rings. The summed E-state index contributed by atoms with van der Waals surface area (Å²) < 4.78 is 7.66. The molecule has 1 aromatic carbocycles. The topological polar surface area (TPSA) is 59.4 Å². The number of rotatable bonds is 4. The standard InChI is InChI=1S/C25H22Cl2N4O2S/c26-19-4-5-22(21(27)9-19)31-24-18(8-15-6-7-34-14-15)12-33-13-20(24)23(28-31)25(32)29-30-10-16-2-1-3-17(16)11-30/h1-2,4-9,14,16-17H,3,10-13H2,(H,29,32). The molecule has 1 N–H and O–H groups in total. The van der Waals surface area contributed by atoms with Crippen molar-refractivity contribution in [3.8, 4) is 5.69 Å². The molecule has 0 spiro atoms. The van der Waals surface area contributed by atoms with Crippen LogP contribution in [0.3, 0.4) is 0 Å². The summed E-state index contributed by atoms with van der Waals surface area (Å²) in [7, 11) is 0. The van der Waals surface area contributed by atoms with Crippen LogP contribution in [-0.4, -0.2) is 40.4 Å². The van der Waals surface area contributed by atoms with Gasteiger partial charge in [-0.15, -0.1) is 0 Å². The lowest BCUT2D eigenvalue weighted by atomic mass is 10.0. The number of hydrazine groups is 1. The quantitative estimate of drug-likeness (QED) is 0.471. The van der Waals surface area contributed by atoms with Gasteiger partial charge in [0.2, 0.25) is 0 Å². The zero-order chi connectivity index (χ0) is 23.2. The van der Waals surface area contributed by atoms with E-state index < -0.39 is 0 Å². The minimum atomic E-state index is -0.232. The van der Waals surface area contributed by atoms with Crippen molar-refractivity contribution >= 4 is 52.1 Å². The van der Waals surface area contributed by atoms with Crippen LogP contribution in [-0.2, 0) is 11.3 Å². The second-order valence-corrected chi connectivity index (χ2v) is 10.5. The maximum absolute atomic E-state index is 13.4. The number of benzene rings is 1. The fraction of sp³-hybridized carbons (Fsp3) is 0.280. The van der Waals surface area contributed by atoms with Gasteiger partial charge >= 0.3 is 0 Å². The Kier molecular flexibility index (Phi) is 5.83. The first-order chi connectivity index (χ1) is 16.6. The second-order valence-electron chi connectivity index (χ2n) is 8.84. The van der Waals surface area contributed by atoms with Crippen LogP contribution in [0.15, 0.2) is 47.2 Å². The van der Waals surface area contributed by atoms with Crippen LogP contribution < -0.4 is 5.43 Å². The Morgan fingerprint density at radius 3 is 2.94 bits per heavy atom. The SMILES string of the molecule is O=C(NN1CC2C=CCC2C1)c1nn(-c2ccc(Cl)cc2Cl)c2c1COCC2=Cc1ccsc1. The van der Waals surface area contributed by atoms with Gasteiger partial charge in [0, 0.05) is 29.2 Å². The Balaban J connectivity index is 1.41. The lowest BCUT2D eigenvalue weighted by Gasteiger charge is -2.20. The fourth-order valence-electron chi connectivity index (χ4n) is 5.01. The van der Waals surface area contributed by atoms with Crippen molar-refractivity contribution in [3.63, 3.8) is 0 Å². The normalized spacial score (nSPS) is 22.8. The number of halogens is 2. The first-order valence-electron chi connectivity index (χ1n) is 11.2. The van der Waals surface area contributed by atoms with E-state index in [4.69, 9.17) is 33.0 Å². The van der Waals surface area contributed by atoms with Gasteiger partial charge in [0.1, 0.15) is 0 Å². The highest BCUT2D eigenvalue weighted by atomic mass is 35.5. The van der Waals surface area contributed by atoms with Crippen LogP contribution in [0.25, 0.3) is 17.3 Å². The predicted octanol–water partition coefficient (Wildman–Crippen LogP) is 5.46.